The molecule has 0 saturated heterocycles. The number of aliphatic hydroxyl groups excluding tert-OH is 1. The van der Waals surface area contributed by atoms with Crippen molar-refractivity contribution in [3.63, 3.8) is 0 Å². The molecule has 0 aromatic rings. The highest BCUT2D eigenvalue weighted by molar-refractivity contribution is 5.76. The monoisotopic (exact) mass is 337 g/mol. The zero-order valence-electron chi connectivity index (χ0n) is 16.0. The first-order chi connectivity index (χ1) is 11.7. The van der Waals surface area contributed by atoms with E-state index in [-0.39, 0.29) is 18.6 Å². The van der Waals surface area contributed by atoms with Crippen LogP contribution in [0.15, 0.2) is 0 Å². The number of aliphatic hydroxyl groups is 1. The van der Waals surface area contributed by atoms with Gasteiger partial charge in [-0.15, -0.1) is 11.8 Å². The summed E-state index contributed by atoms with van der Waals surface area (Å²) >= 11 is 0. The predicted molar refractivity (Wildman–Crippen MR) is 103 cm³/mol. The lowest BCUT2D eigenvalue weighted by Crippen LogP contribution is -2.34. The number of amides is 1. The van der Waals surface area contributed by atoms with Gasteiger partial charge in [0.15, 0.2) is 0 Å². The first-order valence-corrected chi connectivity index (χ1v) is 10.1. The molecule has 140 valence electrons. The molecular formula is C21H39NO2. The van der Waals surface area contributed by atoms with Crippen molar-refractivity contribution < 1.29 is 9.90 Å². The van der Waals surface area contributed by atoms with Gasteiger partial charge in [0.25, 0.3) is 0 Å². The summed E-state index contributed by atoms with van der Waals surface area (Å²) in [5, 5.41) is 11.6. The summed E-state index contributed by atoms with van der Waals surface area (Å²) in [7, 11) is 0. The molecule has 1 amide bonds. The highest BCUT2D eigenvalue weighted by Gasteiger charge is 2.05. The van der Waals surface area contributed by atoms with Crippen LogP contribution in [0, 0.1) is 11.8 Å². The SMILES string of the molecule is CCCCCCCCC#CCCCCCCCC(=O)NC(C)CO. The van der Waals surface area contributed by atoms with Gasteiger partial charge in [0.2, 0.25) is 5.91 Å². The van der Waals surface area contributed by atoms with Gasteiger partial charge in [-0.1, -0.05) is 58.3 Å². The standard InChI is InChI=1S/C21H39NO2/c1-3-4-5-6-7-8-9-10-11-12-13-14-15-16-17-18-21(24)22-20(2)19-23/h20,23H,3-9,12-19H2,1-2H3,(H,22,24). The molecule has 0 radical (unpaired) electrons. The van der Waals surface area contributed by atoms with Crippen molar-refractivity contribution in [2.24, 2.45) is 0 Å². The number of rotatable bonds is 15. The second kappa shape index (κ2) is 18.3. The van der Waals surface area contributed by atoms with Crippen LogP contribution in [0.2, 0.25) is 0 Å². The van der Waals surface area contributed by atoms with E-state index in [1.807, 2.05) is 6.92 Å². The Balaban J connectivity index is 3.25. The second-order valence-electron chi connectivity index (χ2n) is 6.79. The van der Waals surface area contributed by atoms with E-state index in [1.165, 1.54) is 57.8 Å². The van der Waals surface area contributed by atoms with Gasteiger partial charge in [0.1, 0.15) is 0 Å². The van der Waals surface area contributed by atoms with Gasteiger partial charge in [0, 0.05) is 25.3 Å². The van der Waals surface area contributed by atoms with Crippen LogP contribution in [0.3, 0.4) is 0 Å². The van der Waals surface area contributed by atoms with E-state index >= 15 is 0 Å². The molecule has 1 atom stereocenters. The Morgan fingerprint density at radius 3 is 1.92 bits per heavy atom. The predicted octanol–water partition coefficient (Wildman–Crippen LogP) is 4.97. The van der Waals surface area contributed by atoms with E-state index in [0.29, 0.717) is 6.42 Å². The molecule has 0 heterocycles. The summed E-state index contributed by atoms with van der Waals surface area (Å²) < 4.78 is 0. The van der Waals surface area contributed by atoms with Crippen LogP contribution in [0.5, 0.6) is 0 Å². The fourth-order valence-electron chi connectivity index (χ4n) is 2.59. The van der Waals surface area contributed by atoms with Crippen molar-refractivity contribution in [1.82, 2.24) is 5.32 Å². The quantitative estimate of drug-likeness (QED) is 0.327. The lowest BCUT2D eigenvalue weighted by Gasteiger charge is -2.10. The molecule has 0 aromatic carbocycles. The van der Waals surface area contributed by atoms with Crippen molar-refractivity contribution in [1.29, 1.82) is 0 Å². The minimum absolute atomic E-state index is 0.00559. The number of hydrogen-bond acceptors (Lipinski definition) is 2. The van der Waals surface area contributed by atoms with Crippen molar-refractivity contribution in [3.05, 3.63) is 0 Å². The molecule has 0 spiro atoms. The zero-order valence-corrected chi connectivity index (χ0v) is 16.0. The molecule has 0 aliphatic heterocycles. The molecule has 2 N–H and O–H groups in total. The third-order valence-corrected chi connectivity index (χ3v) is 4.17. The number of unbranched alkanes of at least 4 members (excludes halogenated alkanes) is 11. The molecule has 24 heavy (non-hydrogen) atoms. The van der Waals surface area contributed by atoms with Crippen molar-refractivity contribution in [3.8, 4) is 11.8 Å². The minimum atomic E-state index is -0.132. The fourth-order valence-corrected chi connectivity index (χ4v) is 2.59. The highest BCUT2D eigenvalue weighted by atomic mass is 16.3. The smallest absolute Gasteiger partial charge is 0.220 e. The Hall–Kier alpha value is -1.01. The number of carbonyl (C=O) groups excluding carboxylic acids is 1. The van der Waals surface area contributed by atoms with Gasteiger partial charge in [0.05, 0.1) is 6.61 Å². The summed E-state index contributed by atoms with van der Waals surface area (Å²) in [6, 6.07) is -0.132. The third kappa shape index (κ3) is 17.3. The number of nitrogens with one attached hydrogen (secondary N) is 1. The van der Waals surface area contributed by atoms with Gasteiger partial charge in [-0.2, -0.15) is 0 Å². The molecule has 3 nitrogen and oxygen atoms in total. The highest BCUT2D eigenvalue weighted by Crippen LogP contribution is 2.08. The maximum absolute atomic E-state index is 11.5. The molecule has 0 fully saturated rings. The molecule has 0 aliphatic carbocycles. The van der Waals surface area contributed by atoms with Crippen LogP contribution < -0.4 is 5.32 Å². The van der Waals surface area contributed by atoms with Crippen LogP contribution in [0.25, 0.3) is 0 Å². The Kier molecular flexibility index (Phi) is 17.6. The molecule has 1 unspecified atom stereocenters. The van der Waals surface area contributed by atoms with E-state index in [2.05, 4.69) is 24.1 Å². The average molecular weight is 338 g/mol. The molecule has 0 saturated carbocycles. The summed E-state index contributed by atoms with van der Waals surface area (Å²) in [6.45, 7) is 4.07. The summed E-state index contributed by atoms with van der Waals surface area (Å²) in [5.74, 6) is 6.63. The van der Waals surface area contributed by atoms with E-state index in [0.717, 1.165) is 25.7 Å². The van der Waals surface area contributed by atoms with Gasteiger partial charge in [-0.3, -0.25) is 4.79 Å². The summed E-state index contributed by atoms with van der Waals surface area (Å²) in [5.41, 5.74) is 0. The van der Waals surface area contributed by atoms with Crippen LogP contribution >= 0.6 is 0 Å². The molecule has 0 aromatic heterocycles. The minimum Gasteiger partial charge on any atom is -0.394 e. The van der Waals surface area contributed by atoms with Crippen LogP contribution in [-0.4, -0.2) is 23.7 Å². The van der Waals surface area contributed by atoms with Crippen LogP contribution in [0.4, 0.5) is 0 Å². The average Bonchev–Trinajstić information content (AvgIpc) is 2.58. The van der Waals surface area contributed by atoms with E-state index in [9.17, 15) is 4.79 Å². The topological polar surface area (TPSA) is 49.3 Å². The molecule has 3 heteroatoms. The van der Waals surface area contributed by atoms with Crippen molar-refractivity contribution in [2.45, 2.75) is 110 Å². The van der Waals surface area contributed by atoms with E-state index in [1.54, 1.807) is 0 Å². The molecule has 0 bridgehead atoms. The fraction of sp³-hybridized carbons (Fsp3) is 0.857. The number of hydrogen-bond donors (Lipinski definition) is 2. The van der Waals surface area contributed by atoms with Crippen LogP contribution in [0.1, 0.15) is 104 Å². The first kappa shape index (κ1) is 23.0. The van der Waals surface area contributed by atoms with Crippen molar-refractivity contribution in [2.75, 3.05) is 6.61 Å². The number of carbonyl (C=O) groups is 1. The summed E-state index contributed by atoms with van der Waals surface area (Å²) in [6.07, 6.45) is 16.3. The normalized spacial score (nSPS) is 11.6. The van der Waals surface area contributed by atoms with Gasteiger partial charge in [-0.05, 0) is 26.2 Å². The van der Waals surface area contributed by atoms with E-state index in [4.69, 9.17) is 5.11 Å². The van der Waals surface area contributed by atoms with Gasteiger partial charge in [-0.25, -0.2) is 0 Å². The van der Waals surface area contributed by atoms with Gasteiger partial charge >= 0.3 is 0 Å². The Morgan fingerprint density at radius 1 is 0.875 bits per heavy atom. The molecule has 0 rings (SSSR count). The zero-order chi connectivity index (χ0) is 17.9. The summed E-state index contributed by atoms with van der Waals surface area (Å²) in [4.78, 5) is 11.5. The Bertz CT molecular complexity index is 343. The maximum Gasteiger partial charge on any atom is 0.220 e. The lowest BCUT2D eigenvalue weighted by molar-refractivity contribution is -0.122. The van der Waals surface area contributed by atoms with Gasteiger partial charge < -0.3 is 10.4 Å². The molecule has 0 aliphatic rings. The first-order valence-electron chi connectivity index (χ1n) is 10.1. The van der Waals surface area contributed by atoms with Crippen LogP contribution in [-0.2, 0) is 4.79 Å². The maximum atomic E-state index is 11.5. The molecular weight excluding hydrogens is 298 g/mol. The Morgan fingerprint density at radius 2 is 1.38 bits per heavy atom. The second-order valence-corrected chi connectivity index (χ2v) is 6.79. The Labute approximate surface area is 150 Å². The third-order valence-electron chi connectivity index (χ3n) is 4.17. The largest absolute Gasteiger partial charge is 0.394 e. The lowest BCUT2D eigenvalue weighted by atomic mass is 10.1. The van der Waals surface area contributed by atoms with Crippen molar-refractivity contribution >= 4 is 5.91 Å². The van der Waals surface area contributed by atoms with E-state index < -0.39 is 0 Å².